The highest BCUT2D eigenvalue weighted by atomic mass is 32.2. The first-order valence-electron chi connectivity index (χ1n) is 8.93. The Balaban J connectivity index is 1.90. The van der Waals surface area contributed by atoms with Gasteiger partial charge in [-0.1, -0.05) is 0 Å². The highest BCUT2D eigenvalue weighted by Crippen LogP contribution is 2.29. The number of thiophene rings is 1. The average Bonchev–Trinajstić information content (AvgIpc) is 3.18. The molecule has 1 saturated heterocycles. The Morgan fingerprint density at radius 2 is 2.04 bits per heavy atom. The molecular weight excluding hydrogens is 392 g/mol. The predicted octanol–water partition coefficient (Wildman–Crippen LogP) is 1.48. The minimum absolute atomic E-state index is 0.0295. The molecule has 0 aliphatic carbocycles. The largest absolute Gasteiger partial charge is 0.465 e. The van der Waals surface area contributed by atoms with Gasteiger partial charge in [-0.15, -0.1) is 11.3 Å². The number of sulfonamides is 1. The smallest absolute Gasteiger partial charge is 0.349 e. The molecule has 0 spiro atoms. The van der Waals surface area contributed by atoms with Crippen molar-refractivity contribution in [2.45, 2.75) is 31.1 Å². The van der Waals surface area contributed by atoms with Crippen LogP contribution in [0.25, 0.3) is 0 Å². The molecule has 0 bridgehead atoms. The Labute approximate surface area is 163 Å². The van der Waals surface area contributed by atoms with Crippen LogP contribution in [0.3, 0.4) is 0 Å². The van der Waals surface area contributed by atoms with E-state index in [9.17, 15) is 18.0 Å². The van der Waals surface area contributed by atoms with E-state index in [1.807, 2.05) is 6.92 Å². The van der Waals surface area contributed by atoms with Gasteiger partial charge in [-0.05, 0) is 37.6 Å². The lowest BCUT2D eigenvalue weighted by Gasteiger charge is -2.30. The number of hydrogen-bond acceptors (Lipinski definition) is 7. The van der Waals surface area contributed by atoms with E-state index < -0.39 is 16.0 Å². The molecule has 0 aromatic carbocycles. The summed E-state index contributed by atoms with van der Waals surface area (Å²) >= 11 is 1.04. The summed E-state index contributed by atoms with van der Waals surface area (Å²) in [6.07, 6.45) is 1.66. The van der Waals surface area contributed by atoms with Crippen LogP contribution in [0.4, 0.5) is 0 Å². The number of nitrogens with zero attached hydrogens (tertiary/aromatic N) is 1. The maximum atomic E-state index is 12.8. The number of amides is 1. The van der Waals surface area contributed by atoms with Crippen molar-refractivity contribution in [2.24, 2.45) is 5.92 Å². The quantitative estimate of drug-likeness (QED) is 0.481. The lowest BCUT2D eigenvalue weighted by Crippen LogP contribution is -2.43. The fraction of sp³-hybridized carbons (Fsp3) is 0.647. The summed E-state index contributed by atoms with van der Waals surface area (Å²) in [5, 5.41) is 4.43. The first-order chi connectivity index (χ1) is 12.9. The van der Waals surface area contributed by atoms with E-state index in [1.165, 1.54) is 17.5 Å². The molecule has 1 aliphatic heterocycles. The highest BCUT2D eigenvalue weighted by molar-refractivity contribution is 7.89. The molecule has 0 unspecified atom stereocenters. The number of esters is 1. The van der Waals surface area contributed by atoms with Gasteiger partial charge in [0.1, 0.15) is 9.77 Å². The molecule has 27 heavy (non-hydrogen) atoms. The second-order valence-electron chi connectivity index (χ2n) is 6.13. The van der Waals surface area contributed by atoms with E-state index in [4.69, 9.17) is 4.74 Å². The van der Waals surface area contributed by atoms with E-state index in [0.29, 0.717) is 32.6 Å². The number of methoxy groups -OCH3 is 1. The van der Waals surface area contributed by atoms with Crippen LogP contribution >= 0.6 is 11.3 Å². The van der Waals surface area contributed by atoms with Gasteiger partial charge in [-0.2, -0.15) is 4.31 Å². The van der Waals surface area contributed by atoms with Gasteiger partial charge in [0.15, 0.2) is 0 Å². The lowest BCUT2D eigenvalue weighted by molar-refractivity contribution is -0.126. The summed E-state index contributed by atoms with van der Waals surface area (Å²) < 4.78 is 36.9. The van der Waals surface area contributed by atoms with Crippen molar-refractivity contribution < 1.29 is 27.5 Å². The van der Waals surface area contributed by atoms with E-state index >= 15 is 0 Å². The molecule has 1 aromatic heterocycles. The van der Waals surface area contributed by atoms with Crippen LogP contribution in [0.15, 0.2) is 16.3 Å². The third kappa shape index (κ3) is 5.50. The van der Waals surface area contributed by atoms with Gasteiger partial charge in [-0.3, -0.25) is 4.79 Å². The van der Waals surface area contributed by atoms with Crippen LogP contribution in [0, 0.1) is 5.92 Å². The van der Waals surface area contributed by atoms with Gasteiger partial charge in [0.05, 0.1) is 7.11 Å². The summed E-state index contributed by atoms with van der Waals surface area (Å²) in [7, 11) is -2.57. The number of hydrogen-bond donors (Lipinski definition) is 1. The molecule has 1 aliphatic rings. The highest BCUT2D eigenvalue weighted by Gasteiger charge is 2.34. The van der Waals surface area contributed by atoms with Crippen molar-refractivity contribution in [3.05, 3.63) is 16.3 Å². The lowest BCUT2D eigenvalue weighted by atomic mass is 9.97. The minimum atomic E-state index is -3.79. The molecule has 152 valence electrons. The molecular formula is C17H26N2O6S2. The number of nitrogens with one attached hydrogen (secondary N) is 1. The van der Waals surface area contributed by atoms with E-state index in [0.717, 1.165) is 17.8 Å². The van der Waals surface area contributed by atoms with Crippen molar-refractivity contribution in [2.75, 3.05) is 40.0 Å². The number of carbonyl (C=O) groups excluding carboxylic acids is 2. The minimum Gasteiger partial charge on any atom is -0.465 e. The fourth-order valence-corrected chi connectivity index (χ4v) is 5.69. The van der Waals surface area contributed by atoms with Crippen molar-refractivity contribution >= 4 is 33.2 Å². The van der Waals surface area contributed by atoms with Crippen LogP contribution in [-0.2, 0) is 24.3 Å². The van der Waals surface area contributed by atoms with Crippen LogP contribution < -0.4 is 5.32 Å². The summed E-state index contributed by atoms with van der Waals surface area (Å²) in [5.74, 6) is -0.912. The monoisotopic (exact) mass is 418 g/mol. The first-order valence-corrected chi connectivity index (χ1v) is 11.2. The standard InChI is InChI=1S/C17H26N2O6S2/c1-3-25-11-4-8-18-16(20)13-5-9-19(10-6-13)27(22,23)14-7-12-26-15(14)17(21)24-2/h7,12-13H,3-6,8-11H2,1-2H3,(H,18,20). The zero-order valence-corrected chi connectivity index (χ0v) is 17.2. The molecule has 10 heteroatoms. The molecule has 1 aromatic rings. The molecule has 2 heterocycles. The molecule has 2 rings (SSSR count). The van der Waals surface area contributed by atoms with Crippen LogP contribution in [0.5, 0.6) is 0 Å². The normalized spacial score (nSPS) is 16.2. The second kappa shape index (κ2) is 10.2. The first kappa shape index (κ1) is 21.8. The van der Waals surface area contributed by atoms with Crippen LogP contribution in [0.2, 0.25) is 0 Å². The Morgan fingerprint density at radius 3 is 2.67 bits per heavy atom. The Bertz CT molecular complexity index is 738. The van der Waals surface area contributed by atoms with Gasteiger partial charge < -0.3 is 14.8 Å². The van der Waals surface area contributed by atoms with Crippen molar-refractivity contribution in [1.29, 1.82) is 0 Å². The molecule has 1 amide bonds. The Hall–Kier alpha value is -1.49. The fourth-order valence-electron chi connectivity index (χ4n) is 2.91. The SMILES string of the molecule is CCOCCCNC(=O)C1CCN(S(=O)(=O)c2ccsc2C(=O)OC)CC1. The molecule has 1 fully saturated rings. The molecule has 0 saturated carbocycles. The third-order valence-corrected chi connectivity index (χ3v) is 7.38. The van der Waals surface area contributed by atoms with Gasteiger partial charge in [0.2, 0.25) is 15.9 Å². The van der Waals surface area contributed by atoms with E-state index in [1.54, 1.807) is 5.38 Å². The second-order valence-corrected chi connectivity index (χ2v) is 8.95. The number of rotatable bonds is 9. The predicted molar refractivity (Wildman–Crippen MR) is 101 cm³/mol. The van der Waals surface area contributed by atoms with Gasteiger partial charge in [-0.25, -0.2) is 13.2 Å². The molecule has 0 atom stereocenters. The Kier molecular flexibility index (Phi) is 8.21. The van der Waals surface area contributed by atoms with Gasteiger partial charge in [0, 0.05) is 38.8 Å². The number of carbonyl (C=O) groups is 2. The van der Waals surface area contributed by atoms with Crippen LogP contribution in [-0.4, -0.2) is 64.6 Å². The summed E-state index contributed by atoms with van der Waals surface area (Å²) in [5.41, 5.74) is 0. The Morgan fingerprint density at radius 1 is 1.33 bits per heavy atom. The third-order valence-electron chi connectivity index (χ3n) is 4.41. The summed E-state index contributed by atoms with van der Waals surface area (Å²) in [6, 6.07) is 1.42. The van der Waals surface area contributed by atoms with Crippen molar-refractivity contribution in [3.8, 4) is 0 Å². The molecule has 1 N–H and O–H groups in total. The number of piperidine rings is 1. The zero-order chi connectivity index (χ0) is 19.9. The van der Waals surface area contributed by atoms with Gasteiger partial charge in [0.25, 0.3) is 0 Å². The molecule has 0 radical (unpaired) electrons. The van der Waals surface area contributed by atoms with E-state index in [-0.39, 0.29) is 34.7 Å². The number of ether oxygens (including phenoxy) is 2. The van der Waals surface area contributed by atoms with Gasteiger partial charge >= 0.3 is 5.97 Å². The summed E-state index contributed by atoms with van der Waals surface area (Å²) in [6.45, 7) is 4.23. The van der Waals surface area contributed by atoms with E-state index in [2.05, 4.69) is 10.1 Å². The zero-order valence-electron chi connectivity index (χ0n) is 15.6. The maximum absolute atomic E-state index is 12.8. The topological polar surface area (TPSA) is 102 Å². The maximum Gasteiger partial charge on any atom is 0.349 e. The van der Waals surface area contributed by atoms with Crippen molar-refractivity contribution in [3.63, 3.8) is 0 Å². The van der Waals surface area contributed by atoms with Crippen LogP contribution in [0.1, 0.15) is 35.9 Å². The average molecular weight is 419 g/mol. The summed E-state index contributed by atoms with van der Waals surface area (Å²) in [4.78, 5) is 24.0. The molecule has 8 nitrogen and oxygen atoms in total. The van der Waals surface area contributed by atoms with Crippen molar-refractivity contribution in [1.82, 2.24) is 9.62 Å².